The van der Waals surface area contributed by atoms with Gasteiger partial charge in [0.15, 0.2) is 0 Å². The van der Waals surface area contributed by atoms with Gasteiger partial charge in [0.1, 0.15) is 0 Å². The SMILES string of the molecule is CC(C)(CNC(=O)NC[C@H]1CCCc2ccccc21)N1CCOCC1. The zero-order valence-corrected chi connectivity index (χ0v) is 15.5. The summed E-state index contributed by atoms with van der Waals surface area (Å²) in [5.41, 5.74) is 2.79. The molecule has 3 rings (SSSR count). The smallest absolute Gasteiger partial charge is 0.314 e. The summed E-state index contributed by atoms with van der Waals surface area (Å²) in [6, 6.07) is 8.56. The minimum Gasteiger partial charge on any atom is -0.379 e. The molecule has 0 unspecified atom stereocenters. The highest BCUT2D eigenvalue weighted by Crippen LogP contribution is 2.30. The van der Waals surface area contributed by atoms with Crippen LogP contribution in [0.1, 0.15) is 43.7 Å². The van der Waals surface area contributed by atoms with Crippen LogP contribution in [0.3, 0.4) is 0 Å². The van der Waals surface area contributed by atoms with Crippen molar-refractivity contribution in [2.24, 2.45) is 0 Å². The summed E-state index contributed by atoms with van der Waals surface area (Å²) in [6.45, 7) is 9.10. The predicted octanol–water partition coefficient (Wildman–Crippen LogP) is 2.52. The average molecular weight is 345 g/mol. The minimum atomic E-state index is -0.0654. The van der Waals surface area contributed by atoms with Crippen molar-refractivity contribution in [2.75, 3.05) is 39.4 Å². The lowest BCUT2D eigenvalue weighted by Crippen LogP contribution is -2.56. The molecule has 0 saturated carbocycles. The first-order chi connectivity index (χ1) is 12.1. The number of amides is 2. The number of aryl methyl sites for hydroxylation is 1. The highest BCUT2D eigenvalue weighted by Gasteiger charge is 2.28. The Balaban J connectivity index is 1.46. The number of carbonyl (C=O) groups excluding carboxylic acids is 1. The molecule has 5 heteroatoms. The van der Waals surface area contributed by atoms with Crippen molar-refractivity contribution in [1.82, 2.24) is 15.5 Å². The van der Waals surface area contributed by atoms with Gasteiger partial charge in [0.05, 0.1) is 13.2 Å². The molecule has 1 aromatic carbocycles. The summed E-state index contributed by atoms with van der Waals surface area (Å²) in [7, 11) is 0. The molecule has 2 aliphatic rings. The van der Waals surface area contributed by atoms with Gasteiger partial charge in [-0.15, -0.1) is 0 Å². The summed E-state index contributed by atoms with van der Waals surface area (Å²) >= 11 is 0. The second kappa shape index (κ2) is 8.19. The van der Waals surface area contributed by atoms with Gasteiger partial charge in [0.2, 0.25) is 0 Å². The molecule has 0 bridgehead atoms. The van der Waals surface area contributed by atoms with E-state index < -0.39 is 0 Å². The molecule has 25 heavy (non-hydrogen) atoms. The molecule has 1 heterocycles. The Morgan fingerprint density at radius 3 is 2.80 bits per heavy atom. The molecule has 138 valence electrons. The van der Waals surface area contributed by atoms with E-state index in [2.05, 4.69) is 53.6 Å². The molecule has 5 nitrogen and oxygen atoms in total. The number of nitrogens with one attached hydrogen (secondary N) is 2. The van der Waals surface area contributed by atoms with Crippen LogP contribution < -0.4 is 10.6 Å². The molecule has 1 aliphatic carbocycles. The minimum absolute atomic E-state index is 0.0570. The fourth-order valence-electron chi connectivity index (χ4n) is 3.92. The number of hydrogen-bond acceptors (Lipinski definition) is 3. The maximum absolute atomic E-state index is 12.3. The lowest BCUT2D eigenvalue weighted by atomic mass is 9.83. The molecule has 0 radical (unpaired) electrons. The van der Waals surface area contributed by atoms with Gasteiger partial charge in [-0.2, -0.15) is 0 Å². The van der Waals surface area contributed by atoms with E-state index in [-0.39, 0.29) is 11.6 Å². The highest BCUT2D eigenvalue weighted by molar-refractivity contribution is 5.74. The van der Waals surface area contributed by atoms with Crippen molar-refractivity contribution in [3.63, 3.8) is 0 Å². The molecular formula is C20H31N3O2. The summed E-state index contributed by atoms with van der Waals surface area (Å²) in [5.74, 6) is 0.433. The van der Waals surface area contributed by atoms with Gasteiger partial charge in [0, 0.05) is 37.6 Å². The third kappa shape index (κ3) is 4.73. The quantitative estimate of drug-likeness (QED) is 0.862. The van der Waals surface area contributed by atoms with Crippen LogP contribution in [0.5, 0.6) is 0 Å². The van der Waals surface area contributed by atoms with Crippen LogP contribution in [0.15, 0.2) is 24.3 Å². The predicted molar refractivity (Wildman–Crippen MR) is 100.0 cm³/mol. The largest absolute Gasteiger partial charge is 0.379 e. The Morgan fingerprint density at radius 2 is 2.00 bits per heavy atom. The van der Waals surface area contributed by atoms with Crippen LogP contribution >= 0.6 is 0 Å². The van der Waals surface area contributed by atoms with Crippen LogP contribution in [0, 0.1) is 0 Å². The normalized spacial score (nSPS) is 21.4. The number of fused-ring (bicyclic) bond motifs is 1. The maximum Gasteiger partial charge on any atom is 0.314 e. The number of nitrogens with zero attached hydrogens (tertiary/aromatic N) is 1. The molecule has 1 aromatic rings. The summed E-state index contributed by atoms with van der Waals surface area (Å²) < 4.78 is 5.41. The lowest BCUT2D eigenvalue weighted by molar-refractivity contribution is -0.00874. The number of ether oxygens (including phenoxy) is 1. The molecule has 1 atom stereocenters. The van der Waals surface area contributed by atoms with Crippen molar-refractivity contribution in [1.29, 1.82) is 0 Å². The van der Waals surface area contributed by atoms with Crippen molar-refractivity contribution < 1.29 is 9.53 Å². The van der Waals surface area contributed by atoms with Gasteiger partial charge in [-0.05, 0) is 44.2 Å². The van der Waals surface area contributed by atoms with Crippen molar-refractivity contribution >= 4 is 6.03 Å². The average Bonchev–Trinajstić information content (AvgIpc) is 2.65. The zero-order valence-electron chi connectivity index (χ0n) is 15.5. The van der Waals surface area contributed by atoms with Crippen LogP contribution in [0.4, 0.5) is 4.79 Å². The molecule has 0 spiro atoms. The second-order valence-electron chi connectivity index (χ2n) is 7.76. The monoisotopic (exact) mass is 345 g/mol. The Labute approximate surface area is 151 Å². The van der Waals surface area contributed by atoms with Crippen LogP contribution in [0.2, 0.25) is 0 Å². The van der Waals surface area contributed by atoms with Gasteiger partial charge in [0.25, 0.3) is 0 Å². The van der Waals surface area contributed by atoms with Gasteiger partial charge < -0.3 is 15.4 Å². The van der Waals surface area contributed by atoms with Crippen LogP contribution in [-0.2, 0) is 11.2 Å². The molecular weight excluding hydrogens is 314 g/mol. The Hall–Kier alpha value is -1.59. The number of carbonyl (C=O) groups is 1. The number of morpholine rings is 1. The van der Waals surface area contributed by atoms with E-state index in [9.17, 15) is 4.79 Å². The first-order valence-electron chi connectivity index (χ1n) is 9.48. The summed E-state index contributed by atoms with van der Waals surface area (Å²) in [6.07, 6.45) is 3.51. The maximum atomic E-state index is 12.3. The Kier molecular flexibility index (Phi) is 5.97. The van der Waals surface area contributed by atoms with Crippen LogP contribution in [0.25, 0.3) is 0 Å². The highest BCUT2D eigenvalue weighted by atomic mass is 16.5. The molecule has 1 aliphatic heterocycles. The van der Waals surface area contributed by atoms with Crippen molar-refractivity contribution in [2.45, 2.75) is 44.6 Å². The summed E-state index contributed by atoms with van der Waals surface area (Å²) in [4.78, 5) is 14.6. The lowest BCUT2D eigenvalue weighted by Gasteiger charge is -2.40. The van der Waals surface area contributed by atoms with Crippen LogP contribution in [-0.4, -0.2) is 55.9 Å². The van der Waals surface area contributed by atoms with E-state index in [4.69, 9.17) is 4.74 Å². The number of benzene rings is 1. The van der Waals surface area contributed by atoms with Crippen molar-refractivity contribution in [3.8, 4) is 0 Å². The number of hydrogen-bond donors (Lipinski definition) is 2. The van der Waals surface area contributed by atoms with E-state index in [1.54, 1.807) is 0 Å². The molecule has 2 amide bonds. The fourth-order valence-corrected chi connectivity index (χ4v) is 3.92. The standard InChI is InChI=1S/C20H31N3O2/c1-20(2,23-10-12-25-13-11-23)15-22-19(24)21-14-17-8-5-7-16-6-3-4-9-18(16)17/h3-4,6,9,17H,5,7-8,10-15H2,1-2H3,(H2,21,22,24)/t17-/m1/s1. The van der Waals surface area contributed by atoms with Gasteiger partial charge in [-0.25, -0.2) is 4.79 Å². The fraction of sp³-hybridized carbons (Fsp3) is 0.650. The number of rotatable bonds is 5. The van der Waals surface area contributed by atoms with E-state index in [0.717, 1.165) is 39.1 Å². The number of urea groups is 1. The third-order valence-electron chi connectivity index (χ3n) is 5.55. The van der Waals surface area contributed by atoms with Gasteiger partial charge in [-0.1, -0.05) is 24.3 Å². The first kappa shape index (κ1) is 18.2. The van der Waals surface area contributed by atoms with E-state index in [0.29, 0.717) is 19.0 Å². The summed E-state index contributed by atoms with van der Waals surface area (Å²) in [5, 5.41) is 6.13. The Bertz CT molecular complexity index is 582. The van der Waals surface area contributed by atoms with Gasteiger partial charge >= 0.3 is 6.03 Å². The second-order valence-corrected chi connectivity index (χ2v) is 7.76. The van der Waals surface area contributed by atoms with Crippen molar-refractivity contribution in [3.05, 3.63) is 35.4 Å². The topological polar surface area (TPSA) is 53.6 Å². The third-order valence-corrected chi connectivity index (χ3v) is 5.55. The van der Waals surface area contributed by atoms with E-state index in [1.807, 2.05) is 0 Å². The zero-order chi connectivity index (χ0) is 17.7. The molecule has 0 aromatic heterocycles. The first-order valence-corrected chi connectivity index (χ1v) is 9.48. The molecule has 2 N–H and O–H groups in total. The molecule has 1 fully saturated rings. The van der Waals surface area contributed by atoms with E-state index in [1.165, 1.54) is 17.5 Å². The van der Waals surface area contributed by atoms with E-state index >= 15 is 0 Å². The molecule has 1 saturated heterocycles. The van der Waals surface area contributed by atoms with Gasteiger partial charge in [-0.3, -0.25) is 4.90 Å². The Morgan fingerprint density at radius 1 is 1.24 bits per heavy atom.